The van der Waals surface area contributed by atoms with Crippen molar-refractivity contribution in [1.29, 1.82) is 0 Å². The van der Waals surface area contributed by atoms with Gasteiger partial charge in [0, 0.05) is 16.1 Å². The number of thiophene rings is 1. The van der Waals surface area contributed by atoms with Crippen LogP contribution in [0.1, 0.15) is 10.4 Å². The number of nitrogens with zero attached hydrogens (tertiary/aromatic N) is 1. The van der Waals surface area contributed by atoms with E-state index in [9.17, 15) is 9.59 Å². The second-order valence-electron chi connectivity index (χ2n) is 6.66. The number of hydrogen-bond acceptors (Lipinski definition) is 5. The number of aromatic nitrogens is 1. The van der Waals surface area contributed by atoms with Crippen molar-refractivity contribution in [2.24, 2.45) is 5.73 Å². The number of nitrogens with two attached hydrogens (primary N) is 1. The standard InChI is InChI=1S/C23H19N3O2S2/c24-20(27)13-16-9-4-5-10-17(16)25-21(28)14-19-22(18-11-6-12-29-18)26-23(30-19)15-7-2-1-3-8-15/h1-12H,13-14H2,(H2,24,27)(H,25,28). The van der Waals surface area contributed by atoms with Crippen molar-refractivity contribution in [1.82, 2.24) is 4.98 Å². The summed E-state index contributed by atoms with van der Waals surface area (Å²) in [6.07, 6.45) is 0.276. The average molecular weight is 434 g/mol. The zero-order valence-corrected chi connectivity index (χ0v) is 17.6. The molecule has 2 amide bonds. The van der Waals surface area contributed by atoms with Crippen LogP contribution in [0.4, 0.5) is 5.69 Å². The first-order chi connectivity index (χ1) is 14.6. The first-order valence-electron chi connectivity index (χ1n) is 9.35. The third-order valence-electron chi connectivity index (χ3n) is 4.45. The van der Waals surface area contributed by atoms with Gasteiger partial charge in [-0.1, -0.05) is 54.6 Å². The number of rotatable bonds is 7. The molecule has 2 heterocycles. The Balaban J connectivity index is 1.61. The summed E-state index contributed by atoms with van der Waals surface area (Å²) in [5, 5.41) is 5.81. The topological polar surface area (TPSA) is 85.1 Å². The lowest BCUT2D eigenvalue weighted by Crippen LogP contribution is -2.18. The van der Waals surface area contributed by atoms with Crippen LogP contribution < -0.4 is 11.1 Å². The van der Waals surface area contributed by atoms with Gasteiger partial charge in [0.1, 0.15) is 5.01 Å². The molecule has 150 valence electrons. The van der Waals surface area contributed by atoms with Crippen LogP contribution in [0.25, 0.3) is 21.1 Å². The van der Waals surface area contributed by atoms with Crippen molar-refractivity contribution in [3.8, 4) is 21.1 Å². The van der Waals surface area contributed by atoms with Gasteiger partial charge < -0.3 is 11.1 Å². The van der Waals surface area contributed by atoms with Gasteiger partial charge in [0.25, 0.3) is 0 Å². The molecule has 0 saturated carbocycles. The number of amides is 2. The lowest BCUT2D eigenvalue weighted by Gasteiger charge is -2.10. The number of thiazole rings is 1. The Bertz CT molecular complexity index is 1170. The maximum absolute atomic E-state index is 12.8. The maximum Gasteiger partial charge on any atom is 0.229 e. The maximum atomic E-state index is 12.8. The summed E-state index contributed by atoms with van der Waals surface area (Å²) in [5.41, 5.74) is 8.50. The normalized spacial score (nSPS) is 10.7. The van der Waals surface area contributed by atoms with Crippen LogP contribution in [0, 0.1) is 0 Å². The Kier molecular flexibility index (Phi) is 6.02. The number of para-hydroxylation sites is 1. The molecule has 0 spiro atoms. The van der Waals surface area contributed by atoms with Crippen LogP contribution in [-0.2, 0) is 22.4 Å². The summed E-state index contributed by atoms with van der Waals surface area (Å²) in [5.74, 6) is -0.598. The van der Waals surface area contributed by atoms with Gasteiger partial charge in [0.05, 0.1) is 23.4 Å². The van der Waals surface area contributed by atoms with Gasteiger partial charge in [-0.05, 0) is 23.1 Å². The monoisotopic (exact) mass is 433 g/mol. The fraction of sp³-hybridized carbons (Fsp3) is 0.0870. The number of primary amides is 1. The molecular weight excluding hydrogens is 414 g/mol. The molecule has 0 fully saturated rings. The van der Waals surface area contributed by atoms with Crippen molar-refractivity contribution in [2.75, 3.05) is 5.32 Å². The van der Waals surface area contributed by atoms with E-state index < -0.39 is 5.91 Å². The van der Waals surface area contributed by atoms with Crippen molar-refractivity contribution in [3.63, 3.8) is 0 Å². The minimum Gasteiger partial charge on any atom is -0.369 e. The summed E-state index contributed by atoms with van der Waals surface area (Å²) < 4.78 is 0. The largest absolute Gasteiger partial charge is 0.369 e. The van der Waals surface area contributed by atoms with Gasteiger partial charge in [-0.15, -0.1) is 22.7 Å². The Labute approximate surface area is 182 Å². The first-order valence-corrected chi connectivity index (χ1v) is 11.0. The number of benzene rings is 2. The molecule has 4 aromatic rings. The van der Waals surface area contributed by atoms with E-state index in [1.54, 1.807) is 23.5 Å². The molecule has 2 aromatic carbocycles. The second kappa shape index (κ2) is 9.02. The molecule has 0 aliphatic carbocycles. The summed E-state index contributed by atoms with van der Waals surface area (Å²) in [6.45, 7) is 0. The SMILES string of the molecule is NC(=O)Cc1ccccc1NC(=O)Cc1sc(-c2ccccc2)nc1-c1cccs1. The zero-order chi connectivity index (χ0) is 20.9. The fourth-order valence-electron chi connectivity index (χ4n) is 3.11. The molecule has 5 nitrogen and oxygen atoms in total. The highest BCUT2D eigenvalue weighted by molar-refractivity contribution is 7.17. The summed E-state index contributed by atoms with van der Waals surface area (Å²) >= 11 is 3.13. The molecular formula is C23H19N3O2S2. The molecule has 0 aliphatic rings. The fourth-order valence-corrected chi connectivity index (χ4v) is 4.99. The number of nitrogens with one attached hydrogen (secondary N) is 1. The highest BCUT2D eigenvalue weighted by Gasteiger charge is 2.18. The number of carbonyl (C=O) groups excluding carboxylic acids is 2. The third-order valence-corrected chi connectivity index (χ3v) is 6.43. The smallest absolute Gasteiger partial charge is 0.229 e. The molecule has 4 rings (SSSR count). The number of anilines is 1. The van der Waals surface area contributed by atoms with Crippen LogP contribution >= 0.6 is 22.7 Å². The van der Waals surface area contributed by atoms with E-state index in [4.69, 9.17) is 10.7 Å². The molecule has 7 heteroatoms. The number of carbonyl (C=O) groups is 2. The lowest BCUT2D eigenvalue weighted by molar-refractivity contribution is -0.117. The highest BCUT2D eigenvalue weighted by atomic mass is 32.1. The molecule has 30 heavy (non-hydrogen) atoms. The molecule has 0 radical (unpaired) electrons. The van der Waals surface area contributed by atoms with Crippen LogP contribution in [0.3, 0.4) is 0 Å². The Morgan fingerprint density at radius 1 is 0.933 bits per heavy atom. The summed E-state index contributed by atoms with van der Waals surface area (Å²) in [4.78, 5) is 30.9. The minimum absolute atomic E-state index is 0.0790. The van der Waals surface area contributed by atoms with E-state index in [1.165, 1.54) is 11.3 Å². The van der Waals surface area contributed by atoms with Crippen molar-refractivity contribution < 1.29 is 9.59 Å². The average Bonchev–Trinajstić information content (AvgIpc) is 3.39. The Morgan fingerprint density at radius 2 is 1.70 bits per heavy atom. The number of hydrogen-bond donors (Lipinski definition) is 2. The van der Waals surface area contributed by atoms with Crippen molar-refractivity contribution in [2.45, 2.75) is 12.8 Å². The molecule has 0 aliphatic heterocycles. The van der Waals surface area contributed by atoms with Gasteiger partial charge >= 0.3 is 0 Å². The van der Waals surface area contributed by atoms with Crippen LogP contribution in [-0.4, -0.2) is 16.8 Å². The van der Waals surface area contributed by atoms with Gasteiger partial charge in [0.2, 0.25) is 11.8 Å². The van der Waals surface area contributed by atoms with Gasteiger partial charge in [-0.25, -0.2) is 4.98 Å². The molecule has 0 bridgehead atoms. The van der Waals surface area contributed by atoms with Gasteiger partial charge in [-0.2, -0.15) is 0 Å². The van der Waals surface area contributed by atoms with Crippen molar-refractivity contribution in [3.05, 3.63) is 82.6 Å². The molecule has 3 N–H and O–H groups in total. The quantitative estimate of drug-likeness (QED) is 0.441. The molecule has 0 unspecified atom stereocenters. The second-order valence-corrected chi connectivity index (χ2v) is 8.69. The highest BCUT2D eigenvalue weighted by Crippen LogP contribution is 2.36. The first kappa shape index (κ1) is 20.0. The van der Waals surface area contributed by atoms with Crippen LogP contribution in [0.5, 0.6) is 0 Å². The van der Waals surface area contributed by atoms with E-state index in [1.807, 2.05) is 60.0 Å². The van der Waals surface area contributed by atoms with E-state index in [0.29, 0.717) is 11.3 Å². The van der Waals surface area contributed by atoms with Crippen LogP contribution in [0.2, 0.25) is 0 Å². The van der Waals surface area contributed by atoms with Gasteiger partial charge in [-0.3, -0.25) is 9.59 Å². The van der Waals surface area contributed by atoms with Crippen LogP contribution in [0.15, 0.2) is 72.1 Å². The minimum atomic E-state index is -0.438. The summed E-state index contributed by atoms with van der Waals surface area (Å²) in [7, 11) is 0. The van der Waals surface area contributed by atoms with E-state index in [2.05, 4.69) is 5.32 Å². The Morgan fingerprint density at radius 3 is 2.43 bits per heavy atom. The zero-order valence-electron chi connectivity index (χ0n) is 16.0. The van der Waals surface area contributed by atoms with Crippen molar-refractivity contribution >= 4 is 40.2 Å². The molecule has 0 atom stereocenters. The molecule has 0 saturated heterocycles. The predicted octanol–water partition coefficient (Wildman–Crippen LogP) is 4.75. The van der Waals surface area contributed by atoms with E-state index in [-0.39, 0.29) is 18.7 Å². The van der Waals surface area contributed by atoms with E-state index >= 15 is 0 Å². The summed E-state index contributed by atoms with van der Waals surface area (Å²) in [6, 6.07) is 21.1. The van der Waals surface area contributed by atoms with Gasteiger partial charge in [0.15, 0.2) is 0 Å². The lowest BCUT2D eigenvalue weighted by atomic mass is 10.1. The Hall–Kier alpha value is -3.29. The molecule has 2 aromatic heterocycles. The predicted molar refractivity (Wildman–Crippen MR) is 123 cm³/mol. The third kappa shape index (κ3) is 4.64. The van der Waals surface area contributed by atoms with E-state index in [0.717, 1.165) is 26.0 Å².